The number of hydrogen-bond donors (Lipinski definition) is 1. The standard InChI is InChI=1S/C15H17N3O/c19-15(16-8-10-18-9-4-7-17-18)14-11-13(14)12-5-2-1-3-6-12/h1-7,9,13-14H,8,10-11H2,(H,16,19)/t13-,14+/m1/s1. The van der Waals surface area contributed by atoms with E-state index in [1.54, 1.807) is 6.20 Å². The number of rotatable bonds is 5. The second kappa shape index (κ2) is 5.26. The number of amides is 1. The van der Waals surface area contributed by atoms with Crippen molar-refractivity contribution in [2.75, 3.05) is 6.54 Å². The fourth-order valence-electron chi connectivity index (χ4n) is 2.41. The Kier molecular flexibility index (Phi) is 3.31. The number of nitrogens with zero attached hydrogens (tertiary/aromatic N) is 2. The molecule has 19 heavy (non-hydrogen) atoms. The van der Waals surface area contributed by atoms with Gasteiger partial charge in [0.25, 0.3) is 0 Å². The molecular formula is C15H17N3O. The Morgan fingerprint density at radius 3 is 2.89 bits per heavy atom. The van der Waals surface area contributed by atoms with Crippen molar-refractivity contribution in [2.24, 2.45) is 5.92 Å². The van der Waals surface area contributed by atoms with Crippen molar-refractivity contribution in [3.8, 4) is 0 Å². The molecule has 0 aliphatic heterocycles. The minimum absolute atomic E-state index is 0.153. The van der Waals surface area contributed by atoms with E-state index in [4.69, 9.17) is 0 Å². The maximum Gasteiger partial charge on any atom is 0.223 e. The number of hydrogen-bond acceptors (Lipinski definition) is 2. The van der Waals surface area contributed by atoms with E-state index in [1.807, 2.05) is 35.1 Å². The van der Waals surface area contributed by atoms with Gasteiger partial charge in [-0.2, -0.15) is 5.10 Å². The number of nitrogens with one attached hydrogen (secondary N) is 1. The molecule has 0 unspecified atom stereocenters. The number of carbonyl (C=O) groups excluding carboxylic acids is 1. The molecular weight excluding hydrogens is 238 g/mol. The Morgan fingerprint density at radius 2 is 2.16 bits per heavy atom. The average Bonchev–Trinajstić information content (AvgIpc) is 3.09. The minimum atomic E-state index is 0.153. The van der Waals surface area contributed by atoms with Crippen LogP contribution in [0.5, 0.6) is 0 Å². The van der Waals surface area contributed by atoms with Crippen LogP contribution in [0.1, 0.15) is 17.9 Å². The largest absolute Gasteiger partial charge is 0.354 e. The molecule has 1 N–H and O–H groups in total. The predicted molar refractivity (Wildman–Crippen MR) is 72.5 cm³/mol. The van der Waals surface area contributed by atoms with E-state index in [9.17, 15) is 4.79 Å². The van der Waals surface area contributed by atoms with E-state index < -0.39 is 0 Å². The number of benzene rings is 1. The molecule has 0 bridgehead atoms. The quantitative estimate of drug-likeness (QED) is 0.885. The zero-order valence-corrected chi connectivity index (χ0v) is 10.7. The molecule has 98 valence electrons. The van der Waals surface area contributed by atoms with Crippen LogP contribution < -0.4 is 5.32 Å². The Balaban J connectivity index is 1.45. The summed E-state index contributed by atoms with van der Waals surface area (Å²) in [7, 11) is 0. The average molecular weight is 255 g/mol. The topological polar surface area (TPSA) is 46.9 Å². The zero-order chi connectivity index (χ0) is 13.1. The highest BCUT2D eigenvalue weighted by molar-refractivity contribution is 5.82. The van der Waals surface area contributed by atoms with Gasteiger partial charge >= 0.3 is 0 Å². The molecule has 0 spiro atoms. The van der Waals surface area contributed by atoms with Crippen LogP contribution in [0.2, 0.25) is 0 Å². The molecule has 2 aromatic rings. The first-order valence-electron chi connectivity index (χ1n) is 6.64. The normalized spacial score (nSPS) is 21.1. The molecule has 4 nitrogen and oxygen atoms in total. The summed E-state index contributed by atoms with van der Waals surface area (Å²) in [5.41, 5.74) is 1.27. The highest BCUT2D eigenvalue weighted by Crippen LogP contribution is 2.47. The summed E-state index contributed by atoms with van der Waals surface area (Å²) in [4.78, 5) is 12.0. The highest BCUT2D eigenvalue weighted by Gasteiger charge is 2.43. The maximum absolute atomic E-state index is 12.0. The summed E-state index contributed by atoms with van der Waals surface area (Å²) < 4.78 is 1.82. The highest BCUT2D eigenvalue weighted by atomic mass is 16.2. The van der Waals surface area contributed by atoms with Crippen molar-refractivity contribution >= 4 is 5.91 Å². The molecule has 1 aliphatic rings. The predicted octanol–water partition coefficient (Wildman–Crippen LogP) is 1.80. The van der Waals surface area contributed by atoms with E-state index in [2.05, 4.69) is 22.5 Å². The summed E-state index contributed by atoms with van der Waals surface area (Å²) in [6.45, 7) is 1.36. The van der Waals surface area contributed by atoms with Gasteiger partial charge in [0.2, 0.25) is 5.91 Å². The van der Waals surface area contributed by atoms with E-state index >= 15 is 0 Å². The second-order valence-electron chi connectivity index (χ2n) is 4.92. The van der Waals surface area contributed by atoms with Gasteiger partial charge in [0, 0.05) is 24.9 Å². The third-order valence-electron chi connectivity index (χ3n) is 3.55. The molecule has 2 atom stereocenters. The lowest BCUT2D eigenvalue weighted by Gasteiger charge is -2.05. The smallest absolute Gasteiger partial charge is 0.223 e. The van der Waals surface area contributed by atoms with Crippen LogP contribution in [0.3, 0.4) is 0 Å². The van der Waals surface area contributed by atoms with Gasteiger partial charge in [-0.3, -0.25) is 9.48 Å². The van der Waals surface area contributed by atoms with Crippen molar-refractivity contribution in [2.45, 2.75) is 18.9 Å². The van der Waals surface area contributed by atoms with Crippen LogP contribution in [0.15, 0.2) is 48.8 Å². The zero-order valence-electron chi connectivity index (χ0n) is 10.7. The van der Waals surface area contributed by atoms with Crippen molar-refractivity contribution in [1.29, 1.82) is 0 Å². The van der Waals surface area contributed by atoms with Crippen LogP contribution in [0.4, 0.5) is 0 Å². The van der Waals surface area contributed by atoms with Gasteiger partial charge in [-0.1, -0.05) is 30.3 Å². The van der Waals surface area contributed by atoms with E-state index in [1.165, 1.54) is 5.56 Å². The monoisotopic (exact) mass is 255 g/mol. The molecule has 0 radical (unpaired) electrons. The Labute approximate surface area is 112 Å². The van der Waals surface area contributed by atoms with Gasteiger partial charge in [-0.05, 0) is 24.0 Å². The summed E-state index contributed by atoms with van der Waals surface area (Å²) in [5, 5.41) is 7.08. The lowest BCUT2D eigenvalue weighted by atomic mass is 10.1. The van der Waals surface area contributed by atoms with Crippen LogP contribution in [0.25, 0.3) is 0 Å². The van der Waals surface area contributed by atoms with E-state index in [0.29, 0.717) is 12.5 Å². The molecule has 1 aromatic heterocycles. The molecule has 1 heterocycles. The summed E-state index contributed by atoms with van der Waals surface area (Å²) in [5.74, 6) is 0.729. The summed E-state index contributed by atoms with van der Waals surface area (Å²) in [6.07, 6.45) is 4.61. The van der Waals surface area contributed by atoms with Gasteiger partial charge < -0.3 is 5.32 Å². The molecule has 1 aliphatic carbocycles. The van der Waals surface area contributed by atoms with Crippen molar-refractivity contribution < 1.29 is 4.79 Å². The second-order valence-corrected chi connectivity index (χ2v) is 4.92. The number of carbonyl (C=O) groups is 1. The Bertz CT molecular complexity index is 536. The van der Waals surface area contributed by atoms with Crippen LogP contribution in [0, 0.1) is 5.92 Å². The fraction of sp³-hybridized carbons (Fsp3) is 0.333. The van der Waals surface area contributed by atoms with Crippen LogP contribution >= 0.6 is 0 Å². The molecule has 4 heteroatoms. The molecule has 3 rings (SSSR count). The molecule has 0 saturated heterocycles. The van der Waals surface area contributed by atoms with Crippen molar-refractivity contribution in [3.63, 3.8) is 0 Å². The Hall–Kier alpha value is -2.10. The third kappa shape index (κ3) is 2.84. The van der Waals surface area contributed by atoms with E-state index in [0.717, 1.165) is 13.0 Å². The molecule has 1 fully saturated rings. The summed E-state index contributed by atoms with van der Waals surface area (Å²) in [6, 6.07) is 12.1. The fourth-order valence-corrected chi connectivity index (χ4v) is 2.41. The van der Waals surface area contributed by atoms with Crippen LogP contribution in [-0.2, 0) is 11.3 Å². The molecule has 1 saturated carbocycles. The molecule has 1 aromatic carbocycles. The van der Waals surface area contributed by atoms with Crippen molar-refractivity contribution in [1.82, 2.24) is 15.1 Å². The van der Waals surface area contributed by atoms with Gasteiger partial charge in [-0.25, -0.2) is 0 Å². The van der Waals surface area contributed by atoms with Gasteiger partial charge in [0.15, 0.2) is 0 Å². The summed E-state index contributed by atoms with van der Waals surface area (Å²) >= 11 is 0. The van der Waals surface area contributed by atoms with Crippen LogP contribution in [-0.4, -0.2) is 22.2 Å². The first kappa shape index (κ1) is 12.0. The lowest BCUT2D eigenvalue weighted by molar-refractivity contribution is -0.122. The maximum atomic E-state index is 12.0. The molecule has 1 amide bonds. The third-order valence-corrected chi connectivity index (χ3v) is 3.55. The first-order chi connectivity index (χ1) is 9.34. The van der Waals surface area contributed by atoms with Crippen molar-refractivity contribution in [3.05, 3.63) is 54.4 Å². The van der Waals surface area contributed by atoms with Gasteiger partial charge in [0.05, 0.1) is 6.54 Å². The SMILES string of the molecule is O=C(NCCn1cccn1)[C@H]1C[C@@H]1c1ccccc1. The lowest BCUT2D eigenvalue weighted by Crippen LogP contribution is -2.29. The van der Waals surface area contributed by atoms with Gasteiger partial charge in [-0.15, -0.1) is 0 Å². The van der Waals surface area contributed by atoms with Gasteiger partial charge in [0.1, 0.15) is 0 Å². The Morgan fingerprint density at radius 1 is 1.32 bits per heavy atom. The number of aromatic nitrogens is 2. The van der Waals surface area contributed by atoms with E-state index in [-0.39, 0.29) is 11.8 Å². The first-order valence-corrected chi connectivity index (χ1v) is 6.64. The minimum Gasteiger partial charge on any atom is -0.354 e.